The minimum absolute atomic E-state index is 0.0126. The molecule has 0 radical (unpaired) electrons. The van der Waals surface area contributed by atoms with Crippen molar-refractivity contribution in [2.45, 2.75) is 80.1 Å². The van der Waals surface area contributed by atoms with Crippen LogP contribution in [-0.2, 0) is 19.0 Å². The molecule has 0 unspecified atom stereocenters. The van der Waals surface area contributed by atoms with Gasteiger partial charge in [0.2, 0.25) is 5.91 Å². The van der Waals surface area contributed by atoms with E-state index in [1.807, 2.05) is 6.92 Å². The van der Waals surface area contributed by atoms with Gasteiger partial charge in [-0.25, -0.2) is 0 Å². The fourth-order valence-corrected chi connectivity index (χ4v) is 6.32. The Labute approximate surface area is 174 Å². The van der Waals surface area contributed by atoms with Crippen molar-refractivity contribution in [2.24, 2.45) is 11.8 Å². The van der Waals surface area contributed by atoms with E-state index in [2.05, 4.69) is 41.7 Å². The second-order valence-electron chi connectivity index (χ2n) is 8.37. The third-order valence-electron chi connectivity index (χ3n) is 6.93. The minimum Gasteiger partial charge on any atom is -0.390 e. The molecule has 0 spiro atoms. The third kappa shape index (κ3) is 2.91. The Morgan fingerprint density at radius 2 is 2.33 bits per heavy atom. The number of carbonyl (C=O) groups is 1. The molecule has 0 aromatic carbocycles. The number of hydrogen-bond donors (Lipinski definition) is 1. The maximum absolute atomic E-state index is 13.3. The van der Waals surface area contributed by atoms with Gasteiger partial charge in [-0.1, -0.05) is 25.5 Å². The third-order valence-corrected chi connectivity index (χ3v) is 7.84. The number of alkyl halides is 1. The zero-order valence-corrected chi connectivity index (χ0v) is 18.3. The molecule has 7 atom stereocenters. The molecule has 0 aromatic rings. The first-order valence-corrected chi connectivity index (χ1v) is 11.4. The highest BCUT2D eigenvalue weighted by Crippen LogP contribution is 2.59. The summed E-state index contributed by atoms with van der Waals surface area (Å²) < 4.78 is 17.9. The lowest BCUT2D eigenvalue weighted by Gasteiger charge is -2.47. The lowest BCUT2D eigenvalue weighted by molar-refractivity contribution is -0.211. The zero-order valence-electron chi connectivity index (χ0n) is 16.1. The quantitative estimate of drug-likeness (QED) is 0.204. The van der Waals surface area contributed by atoms with Crippen LogP contribution in [0.3, 0.4) is 0 Å². The summed E-state index contributed by atoms with van der Waals surface area (Å²) in [7, 11) is 0. The molecule has 3 heterocycles. The lowest BCUT2D eigenvalue weighted by atomic mass is 9.69. The summed E-state index contributed by atoms with van der Waals surface area (Å²) in [5.74, 6) is -0.263. The summed E-state index contributed by atoms with van der Waals surface area (Å²) in [6.45, 7) is 5.03. The summed E-state index contributed by atoms with van der Waals surface area (Å²) in [4.78, 5) is 15.1. The van der Waals surface area contributed by atoms with Crippen LogP contribution in [0.25, 0.3) is 0 Å². The van der Waals surface area contributed by atoms with Crippen LogP contribution in [0.1, 0.15) is 52.4 Å². The van der Waals surface area contributed by atoms with Crippen LogP contribution in [0.15, 0.2) is 12.2 Å². The van der Waals surface area contributed by atoms with Gasteiger partial charge in [-0.3, -0.25) is 9.69 Å². The van der Waals surface area contributed by atoms with Gasteiger partial charge in [0.15, 0.2) is 10.5 Å². The number of ether oxygens (including phenoxy) is 3. The number of unbranched alkanes of at least 4 members (excludes halogenated alkanes) is 1. The van der Waals surface area contributed by atoms with E-state index in [0.29, 0.717) is 19.6 Å². The second kappa shape index (κ2) is 7.55. The number of amides is 1. The van der Waals surface area contributed by atoms with E-state index in [0.717, 1.165) is 32.1 Å². The van der Waals surface area contributed by atoms with E-state index in [1.165, 1.54) is 0 Å². The smallest absolute Gasteiger partial charge is 0.232 e. The summed E-state index contributed by atoms with van der Waals surface area (Å²) >= 11 is 2.15. The molecule has 0 saturated carbocycles. The number of hydrogen-bond acceptors (Lipinski definition) is 5. The van der Waals surface area contributed by atoms with Gasteiger partial charge < -0.3 is 19.3 Å². The van der Waals surface area contributed by atoms with Crippen LogP contribution in [0, 0.1) is 11.8 Å². The number of carbonyl (C=O) groups excluding carboxylic acids is 1. The molecular formula is C20H30INO5. The van der Waals surface area contributed by atoms with Crippen LogP contribution in [0.2, 0.25) is 0 Å². The molecule has 1 aliphatic carbocycles. The highest BCUT2D eigenvalue weighted by atomic mass is 127. The number of fused-ring (bicyclic) bond motifs is 3. The van der Waals surface area contributed by atoms with Gasteiger partial charge in [-0.15, -0.1) is 0 Å². The van der Waals surface area contributed by atoms with E-state index in [9.17, 15) is 9.90 Å². The molecule has 3 aliphatic heterocycles. The standard InChI is InChI=1S/C20H30INO5/c1-3-4-10-25-15-11-14-17(24)22-18(21)26-12-20(22,19(14,2)27-15)16(23)13-8-6-5-7-9-13/h6,8,13-16,18,23H,3-5,7,9-12H2,1-2H3/t13-,14-,15-,16+,18-,19-,20+/m0/s1. The van der Waals surface area contributed by atoms with Crippen molar-refractivity contribution in [3.63, 3.8) is 0 Å². The van der Waals surface area contributed by atoms with E-state index in [-0.39, 0.29) is 22.0 Å². The fraction of sp³-hybridized carbons (Fsp3) is 0.850. The summed E-state index contributed by atoms with van der Waals surface area (Å²) in [5.41, 5.74) is -1.68. The highest BCUT2D eigenvalue weighted by Gasteiger charge is 2.76. The first-order chi connectivity index (χ1) is 13.0. The molecule has 152 valence electrons. The number of aliphatic hydroxyl groups excluding tert-OH is 1. The van der Waals surface area contributed by atoms with Crippen molar-refractivity contribution >= 4 is 28.5 Å². The van der Waals surface area contributed by atoms with E-state index >= 15 is 0 Å². The molecule has 7 heteroatoms. The fourth-order valence-electron chi connectivity index (χ4n) is 5.37. The zero-order chi connectivity index (χ0) is 19.2. The minimum atomic E-state index is -0.865. The summed E-state index contributed by atoms with van der Waals surface area (Å²) in [6.07, 6.45) is 8.74. The molecule has 4 rings (SSSR count). The molecule has 0 bridgehead atoms. The van der Waals surface area contributed by atoms with Crippen molar-refractivity contribution < 1.29 is 24.1 Å². The van der Waals surface area contributed by atoms with Crippen molar-refractivity contribution in [3.8, 4) is 0 Å². The molecule has 27 heavy (non-hydrogen) atoms. The van der Waals surface area contributed by atoms with Gasteiger partial charge in [0.1, 0.15) is 11.1 Å². The van der Waals surface area contributed by atoms with Gasteiger partial charge in [0.05, 0.1) is 18.6 Å². The van der Waals surface area contributed by atoms with Crippen molar-refractivity contribution in [1.82, 2.24) is 4.90 Å². The average Bonchev–Trinajstić information content (AvgIpc) is 3.25. The van der Waals surface area contributed by atoms with Gasteiger partial charge in [0.25, 0.3) is 0 Å². The largest absolute Gasteiger partial charge is 0.390 e. The number of rotatable bonds is 6. The maximum atomic E-state index is 13.3. The Hall–Kier alpha value is -0.220. The number of halogens is 1. The van der Waals surface area contributed by atoms with Crippen LogP contribution in [0.5, 0.6) is 0 Å². The first-order valence-electron chi connectivity index (χ1n) is 10.2. The van der Waals surface area contributed by atoms with Crippen LogP contribution in [-0.4, -0.2) is 56.9 Å². The number of nitrogens with zero attached hydrogens (tertiary/aromatic N) is 1. The van der Waals surface area contributed by atoms with Gasteiger partial charge in [0, 0.05) is 18.9 Å². The van der Waals surface area contributed by atoms with E-state index in [1.54, 1.807) is 4.90 Å². The van der Waals surface area contributed by atoms with Crippen LogP contribution in [0.4, 0.5) is 0 Å². The van der Waals surface area contributed by atoms with Crippen molar-refractivity contribution in [2.75, 3.05) is 13.2 Å². The molecule has 3 saturated heterocycles. The Bertz CT molecular complexity index is 615. The number of aliphatic hydroxyl groups is 1. The van der Waals surface area contributed by atoms with Crippen molar-refractivity contribution in [1.29, 1.82) is 0 Å². The topological polar surface area (TPSA) is 68.2 Å². The average molecular weight is 491 g/mol. The Morgan fingerprint density at radius 1 is 1.52 bits per heavy atom. The van der Waals surface area contributed by atoms with Gasteiger partial charge >= 0.3 is 0 Å². The van der Waals surface area contributed by atoms with Crippen LogP contribution >= 0.6 is 22.6 Å². The molecule has 6 nitrogen and oxygen atoms in total. The Kier molecular flexibility index (Phi) is 5.61. The molecule has 0 aromatic heterocycles. The summed E-state index contributed by atoms with van der Waals surface area (Å²) in [5, 5.41) is 11.5. The number of allylic oxidation sites excluding steroid dienone is 1. The van der Waals surface area contributed by atoms with Gasteiger partial charge in [-0.05, 0) is 55.2 Å². The second-order valence-corrected chi connectivity index (χ2v) is 9.44. The summed E-state index contributed by atoms with van der Waals surface area (Å²) in [6, 6.07) is 0. The van der Waals surface area contributed by atoms with Gasteiger partial charge in [-0.2, -0.15) is 0 Å². The SMILES string of the molecule is CCCCO[C@@H]1C[C@H]2C(=O)N3[C@H](I)OC[C@@]3([C@H](O)[C@H]3C=CCCC3)[C@@]2(C)O1. The van der Waals surface area contributed by atoms with Crippen LogP contribution < -0.4 is 0 Å². The van der Waals surface area contributed by atoms with Crippen molar-refractivity contribution in [3.05, 3.63) is 12.2 Å². The normalized spacial score (nSPS) is 44.6. The Balaban J connectivity index is 1.66. The lowest BCUT2D eigenvalue weighted by Crippen LogP contribution is -2.66. The predicted octanol–water partition coefficient (Wildman–Crippen LogP) is 2.97. The maximum Gasteiger partial charge on any atom is 0.232 e. The first kappa shape index (κ1) is 20.1. The predicted molar refractivity (Wildman–Crippen MR) is 108 cm³/mol. The van der Waals surface area contributed by atoms with E-state index < -0.39 is 23.5 Å². The Morgan fingerprint density at radius 3 is 3.04 bits per heavy atom. The highest BCUT2D eigenvalue weighted by molar-refractivity contribution is 14.1. The molecule has 1 N–H and O–H groups in total. The molecule has 3 fully saturated rings. The molecule has 1 amide bonds. The molecular weight excluding hydrogens is 461 g/mol. The molecule has 4 aliphatic rings. The monoisotopic (exact) mass is 491 g/mol. The van der Waals surface area contributed by atoms with E-state index in [4.69, 9.17) is 14.2 Å².